The summed E-state index contributed by atoms with van der Waals surface area (Å²) < 4.78 is 39.4. The molecule has 3 rings (SSSR count). The van der Waals surface area contributed by atoms with Gasteiger partial charge in [0, 0.05) is 22.8 Å². The van der Waals surface area contributed by atoms with Crippen LogP contribution in [0.4, 0.5) is 13.2 Å². The first kappa shape index (κ1) is 15.5. The molecule has 0 saturated carbocycles. The van der Waals surface area contributed by atoms with Gasteiger partial charge in [-0.2, -0.15) is 13.2 Å². The van der Waals surface area contributed by atoms with Crippen LogP contribution < -0.4 is 5.32 Å². The molecule has 3 aromatic rings. The molecule has 4 nitrogen and oxygen atoms in total. The van der Waals surface area contributed by atoms with Gasteiger partial charge in [-0.3, -0.25) is 9.20 Å². The number of carbonyl (C=O) groups is 1. The fourth-order valence-electron chi connectivity index (χ4n) is 2.11. The molecule has 1 aromatic carbocycles. The number of aromatic nitrogens is 2. The summed E-state index contributed by atoms with van der Waals surface area (Å²) in [6.07, 6.45) is -2.58. The largest absolute Gasteiger partial charge is 0.416 e. The molecule has 0 aliphatic rings. The van der Waals surface area contributed by atoms with Gasteiger partial charge in [0.15, 0.2) is 4.96 Å². The minimum absolute atomic E-state index is 0.176. The third kappa shape index (κ3) is 3.21. The Labute approximate surface area is 133 Å². The van der Waals surface area contributed by atoms with E-state index in [0.29, 0.717) is 5.69 Å². The Bertz CT molecular complexity index is 849. The van der Waals surface area contributed by atoms with Crippen molar-refractivity contribution >= 4 is 22.2 Å². The van der Waals surface area contributed by atoms with E-state index in [1.165, 1.54) is 11.3 Å². The number of amides is 1. The zero-order chi connectivity index (χ0) is 16.6. The molecule has 1 N–H and O–H groups in total. The highest BCUT2D eigenvalue weighted by atomic mass is 32.1. The highest BCUT2D eigenvalue weighted by molar-refractivity contribution is 7.15. The summed E-state index contributed by atoms with van der Waals surface area (Å²) >= 11 is 1.50. The van der Waals surface area contributed by atoms with E-state index in [4.69, 9.17) is 0 Å². The van der Waals surface area contributed by atoms with Gasteiger partial charge in [-0.25, -0.2) is 4.98 Å². The van der Waals surface area contributed by atoms with Crippen LogP contribution in [0.1, 0.15) is 27.3 Å². The minimum Gasteiger partial charge on any atom is -0.346 e. The number of alkyl halides is 3. The fraction of sp³-hybridized carbons (Fsp3) is 0.200. The monoisotopic (exact) mass is 339 g/mol. The van der Waals surface area contributed by atoms with Gasteiger partial charge in [-0.1, -0.05) is 0 Å². The number of aryl methyl sites for hydroxylation is 1. The number of hydrogen-bond donors (Lipinski definition) is 1. The maximum Gasteiger partial charge on any atom is 0.416 e. The average molecular weight is 339 g/mol. The summed E-state index contributed by atoms with van der Waals surface area (Å²) in [5.41, 5.74) is 1.15. The standard InChI is InChI=1S/C15H12F3N3OS/c1-9-8-23-14-20-12(7-21(9)14)6-19-13(22)10-2-4-11(5-3-10)15(16,17)18/h2-5,7-8H,6H2,1H3,(H,19,22). The first-order chi connectivity index (χ1) is 10.8. The number of hydrogen-bond acceptors (Lipinski definition) is 3. The summed E-state index contributed by atoms with van der Waals surface area (Å²) in [7, 11) is 0. The van der Waals surface area contributed by atoms with Crippen LogP contribution >= 0.6 is 11.3 Å². The first-order valence-electron chi connectivity index (χ1n) is 6.72. The van der Waals surface area contributed by atoms with E-state index in [1.54, 1.807) is 0 Å². The number of rotatable bonds is 3. The molecule has 23 heavy (non-hydrogen) atoms. The maximum atomic E-state index is 12.5. The van der Waals surface area contributed by atoms with Gasteiger partial charge < -0.3 is 5.32 Å². The Morgan fingerprint density at radius 1 is 1.30 bits per heavy atom. The number of thiazole rings is 1. The lowest BCUT2D eigenvalue weighted by Gasteiger charge is -2.07. The van der Waals surface area contributed by atoms with Crippen molar-refractivity contribution in [1.82, 2.24) is 14.7 Å². The Morgan fingerprint density at radius 2 is 2.00 bits per heavy atom. The van der Waals surface area contributed by atoms with Gasteiger partial charge in [0.1, 0.15) is 0 Å². The molecular weight excluding hydrogens is 327 g/mol. The minimum atomic E-state index is -4.41. The van der Waals surface area contributed by atoms with Gasteiger partial charge in [-0.15, -0.1) is 11.3 Å². The number of imidazole rings is 1. The van der Waals surface area contributed by atoms with Gasteiger partial charge in [0.2, 0.25) is 0 Å². The zero-order valence-electron chi connectivity index (χ0n) is 12.0. The molecule has 2 heterocycles. The van der Waals surface area contributed by atoms with E-state index >= 15 is 0 Å². The summed E-state index contributed by atoms with van der Waals surface area (Å²) in [5, 5.41) is 4.63. The van der Waals surface area contributed by atoms with Gasteiger partial charge in [-0.05, 0) is 31.2 Å². The van der Waals surface area contributed by atoms with Crippen molar-refractivity contribution in [3.63, 3.8) is 0 Å². The van der Waals surface area contributed by atoms with Crippen molar-refractivity contribution in [2.45, 2.75) is 19.6 Å². The third-order valence-corrected chi connectivity index (χ3v) is 4.30. The van der Waals surface area contributed by atoms with E-state index < -0.39 is 17.6 Å². The van der Waals surface area contributed by atoms with Crippen molar-refractivity contribution in [1.29, 1.82) is 0 Å². The molecule has 0 saturated heterocycles. The van der Waals surface area contributed by atoms with Gasteiger partial charge in [0.05, 0.1) is 17.8 Å². The number of fused-ring (bicyclic) bond motifs is 1. The second-order valence-corrected chi connectivity index (χ2v) is 5.86. The molecule has 2 aromatic heterocycles. The molecule has 0 spiro atoms. The van der Waals surface area contributed by atoms with Gasteiger partial charge in [0.25, 0.3) is 5.91 Å². The Kier molecular flexibility index (Phi) is 3.85. The van der Waals surface area contributed by atoms with E-state index in [1.807, 2.05) is 22.9 Å². The van der Waals surface area contributed by atoms with Crippen LogP contribution in [0.15, 0.2) is 35.8 Å². The van der Waals surface area contributed by atoms with Crippen LogP contribution in [-0.2, 0) is 12.7 Å². The number of halogens is 3. The van der Waals surface area contributed by atoms with Crippen LogP contribution in [-0.4, -0.2) is 15.3 Å². The lowest BCUT2D eigenvalue weighted by Crippen LogP contribution is -2.23. The molecular formula is C15H12F3N3OS. The lowest BCUT2D eigenvalue weighted by atomic mass is 10.1. The predicted molar refractivity (Wildman–Crippen MR) is 80.4 cm³/mol. The van der Waals surface area contributed by atoms with Crippen molar-refractivity contribution in [2.75, 3.05) is 0 Å². The highest BCUT2D eigenvalue weighted by Gasteiger charge is 2.30. The van der Waals surface area contributed by atoms with Crippen molar-refractivity contribution < 1.29 is 18.0 Å². The summed E-state index contributed by atoms with van der Waals surface area (Å²) in [4.78, 5) is 17.2. The Balaban J connectivity index is 1.67. The quantitative estimate of drug-likeness (QED) is 0.792. The molecule has 0 atom stereocenters. The Morgan fingerprint density at radius 3 is 2.61 bits per heavy atom. The first-order valence-corrected chi connectivity index (χ1v) is 7.60. The van der Waals surface area contributed by atoms with Crippen LogP contribution in [0.3, 0.4) is 0 Å². The summed E-state index contributed by atoms with van der Waals surface area (Å²) in [6.45, 7) is 2.17. The third-order valence-electron chi connectivity index (χ3n) is 3.34. The zero-order valence-corrected chi connectivity index (χ0v) is 12.8. The number of nitrogens with one attached hydrogen (secondary N) is 1. The summed E-state index contributed by atoms with van der Waals surface area (Å²) in [6, 6.07) is 4.11. The Hall–Kier alpha value is -2.35. The molecule has 8 heteroatoms. The molecule has 120 valence electrons. The van der Waals surface area contributed by atoms with E-state index in [-0.39, 0.29) is 12.1 Å². The normalized spacial score (nSPS) is 11.8. The van der Waals surface area contributed by atoms with Crippen LogP contribution in [0, 0.1) is 6.92 Å². The van der Waals surface area contributed by atoms with Crippen molar-refractivity contribution in [3.8, 4) is 0 Å². The molecule has 0 radical (unpaired) electrons. The average Bonchev–Trinajstić information content (AvgIpc) is 3.06. The van der Waals surface area contributed by atoms with Crippen LogP contribution in [0.25, 0.3) is 4.96 Å². The van der Waals surface area contributed by atoms with E-state index in [2.05, 4.69) is 10.3 Å². The highest BCUT2D eigenvalue weighted by Crippen LogP contribution is 2.29. The SMILES string of the molecule is Cc1csc2nc(CNC(=O)c3ccc(C(F)(F)F)cc3)cn12. The van der Waals surface area contributed by atoms with E-state index in [0.717, 1.165) is 34.9 Å². The fourth-order valence-corrected chi connectivity index (χ4v) is 2.98. The molecule has 1 amide bonds. The molecule has 0 bridgehead atoms. The topological polar surface area (TPSA) is 46.4 Å². The van der Waals surface area contributed by atoms with Crippen molar-refractivity contribution in [2.24, 2.45) is 0 Å². The van der Waals surface area contributed by atoms with Crippen LogP contribution in [0.2, 0.25) is 0 Å². The number of carbonyl (C=O) groups excluding carboxylic acids is 1. The molecule has 0 fully saturated rings. The van der Waals surface area contributed by atoms with E-state index in [9.17, 15) is 18.0 Å². The van der Waals surface area contributed by atoms with Gasteiger partial charge >= 0.3 is 6.18 Å². The number of benzene rings is 1. The lowest BCUT2D eigenvalue weighted by molar-refractivity contribution is -0.137. The summed E-state index contributed by atoms with van der Waals surface area (Å²) in [5.74, 6) is -0.438. The second-order valence-electron chi connectivity index (χ2n) is 5.02. The van der Waals surface area contributed by atoms with Crippen LogP contribution in [0.5, 0.6) is 0 Å². The maximum absolute atomic E-state index is 12.5. The van der Waals surface area contributed by atoms with Crippen molar-refractivity contribution in [3.05, 3.63) is 58.4 Å². The second kappa shape index (κ2) is 5.69. The smallest absolute Gasteiger partial charge is 0.346 e. The number of nitrogens with zero attached hydrogens (tertiary/aromatic N) is 2. The molecule has 0 aliphatic carbocycles. The molecule has 0 aliphatic heterocycles. The molecule has 0 unspecified atom stereocenters. The predicted octanol–water partition coefficient (Wildman–Crippen LogP) is 3.65.